The van der Waals surface area contributed by atoms with Gasteiger partial charge in [0.25, 0.3) is 0 Å². The van der Waals surface area contributed by atoms with Crippen molar-refractivity contribution < 1.29 is 9.84 Å². The standard InChI is InChI=1S/C16H24O2/c1-3-4-10-16(17)11-14(2)12-18-13-15-8-6-5-7-9-15/h3-9,14,16-17H,10-13H2,1-2H3/t14-,16-/m1/s1. The summed E-state index contributed by atoms with van der Waals surface area (Å²) in [5.74, 6) is 0.383. The zero-order valence-corrected chi connectivity index (χ0v) is 11.4. The van der Waals surface area contributed by atoms with Crippen molar-refractivity contribution in [2.45, 2.75) is 39.4 Å². The van der Waals surface area contributed by atoms with Gasteiger partial charge < -0.3 is 9.84 Å². The molecule has 0 saturated heterocycles. The second-order valence-electron chi connectivity index (χ2n) is 4.80. The van der Waals surface area contributed by atoms with E-state index in [0.717, 1.165) is 12.8 Å². The lowest BCUT2D eigenvalue weighted by Crippen LogP contribution is -2.15. The largest absolute Gasteiger partial charge is 0.393 e. The predicted molar refractivity (Wildman–Crippen MR) is 75.3 cm³/mol. The monoisotopic (exact) mass is 248 g/mol. The summed E-state index contributed by atoms with van der Waals surface area (Å²) in [5.41, 5.74) is 1.19. The molecule has 0 aliphatic carbocycles. The fourth-order valence-electron chi connectivity index (χ4n) is 1.87. The Kier molecular flexibility index (Phi) is 7.38. The van der Waals surface area contributed by atoms with E-state index in [-0.39, 0.29) is 6.10 Å². The topological polar surface area (TPSA) is 29.5 Å². The van der Waals surface area contributed by atoms with E-state index in [1.807, 2.05) is 37.3 Å². The van der Waals surface area contributed by atoms with E-state index in [2.05, 4.69) is 19.1 Å². The summed E-state index contributed by atoms with van der Waals surface area (Å²) in [7, 11) is 0. The quantitative estimate of drug-likeness (QED) is 0.713. The molecule has 0 heterocycles. The summed E-state index contributed by atoms with van der Waals surface area (Å²) in [4.78, 5) is 0. The molecule has 1 aromatic rings. The fraction of sp³-hybridized carbons (Fsp3) is 0.500. The van der Waals surface area contributed by atoms with Crippen molar-refractivity contribution in [3.05, 3.63) is 48.0 Å². The molecule has 0 aliphatic rings. The molecule has 18 heavy (non-hydrogen) atoms. The smallest absolute Gasteiger partial charge is 0.0717 e. The van der Waals surface area contributed by atoms with Gasteiger partial charge in [0, 0.05) is 6.61 Å². The van der Waals surface area contributed by atoms with Crippen LogP contribution in [-0.4, -0.2) is 17.8 Å². The first-order chi connectivity index (χ1) is 8.72. The second-order valence-corrected chi connectivity index (χ2v) is 4.80. The highest BCUT2D eigenvalue weighted by molar-refractivity contribution is 5.13. The van der Waals surface area contributed by atoms with E-state index >= 15 is 0 Å². The Morgan fingerprint density at radius 3 is 2.67 bits per heavy atom. The molecule has 0 aromatic heterocycles. The predicted octanol–water partition coefficient (Wildman–Crippen LogP) is 3.56. The first-order valence-corrected chi connectivity index (χ1v) is 6.63. The number of hydrogen-bond donors (Lipinski definition) is 1. The average molecular weight is 248 g/mol. The Labute approximate surface area is 110 Å². The van der Waals surface area contributed by atoms with Gasteiger partial charge in [-0.25, -0.2) is 0 Å². The van der Waals surface area contributed by atoms with E-state index in [1.165, 1.54) is 5.56 Å². The van der Waals surface area contributed by atoms with E-state index in [9.17, 15) is 5.11 Å². The van der Waals surface area contributed by atoms with Crippen LogP contribution in [0.4, 0.5) is 0 Å². The lowest BCUT2D eigenvalue weighted by molar-refractivity contribution is 0.0658. The van der Waals surface area contributed by atoms with Crippen LogP contribution in [0.15, 0.2) is 42.5 Å². The van der Waals surface area contributed by atoms with Crippen molar-refractivity contribution in [2.24, 2.45) is 5.92 Å². The van der Waals surface area contributed by atoms with Crippen molar-refractivity contribution >= 4 is 0 Å². The molecule has 1 rings (SSSR count). The first kappa shape index (κ1) is 14.9. The number of benzene rings is 1. The molecule has 0 spiro atoms. The highest BCUT2D eigenvalue weighted by atomic mass is 16.5. The summed E-state index contributed by atoms with van der Waals surface area (Å²) in [5, 5.41) is 9.76. The van der Waals surface area contributed by atoms with Crippen molar-refractivity contribution in [1.29, 1.82) is 0 Å². The van der Waals surface area contributed by atoms with Crippen molar-refractivity contribution in [2.75, 3.05) is 6.61 Å². The Hall–Kier alpha value is -1.12. The molecular weight excluding hydrogens is 224 g/mol. The maximum absolute atomic E-state index is 9.76. The maximum atomic E-state index is 9.76. The average Bonchev–Trinajstić information content (AvgIpc) is 2.37. The fourth-order valence-corrected chi connectivity index (χ4v) is 1.87. The molecule has 0 fully saturated rings. The highest BCUT2D eigenvalue weighted by Gasteiger charge is 2.09. The van der Waals surface area contributed by atoms with Gasteiger partial charge in [0.1, 0.15) is 0 Å². The molecule has 2 heteroatoms. The third-order valence-corrected chi connectivity index (χ3v) is 2.83. The number of hydrogen-bond acceptors (Lipinski definition) is 2. The van der Waals surface area contributed by atoms with Crippen LogP contribution in [0.2, 0.25) is 0 Å². The van der Waals surface area contributed by atoms with Crippen molar-refractivity contribution in [3.63, 3.8) is 0 Å². The SMILES string of the molecule is CC=CC[C@@H](O)C[C@@H](C)COCc1ccccc1. The molecule has 0 unspecified atom stereocenters. The number of ether oxygens (including phenoxy) is 1. The van der Waals surface area contributed by atoms with Gasteiger partial charge >= 0.3 is 0 Å². The van der Waals surface area contributed by atoms with E-state index < -0.39 is 0 Å². The van der Waals surface area contributed by atoms with Crippen LogP contribution in [0.5, 0.6) is 0 Å². The van der Waals surface area contributed by atoms with Gasteiger partial charge in [-0.2, -0.15) is 0 Å². The molecule has 2 nitrogen and oxygen atoms in total. The normalized spacial score (nSPS) is 14.8. The molecule has 0 saturated carbocycles. The number of aliphatic hydroxyl groups excluding tert-OH is 1. The van der Waals surface area contributed by atoms with Crippen LogP contribution in [0.3, 0.4) is 0 Å². The summed E-state index contributed by atoms with van der Waals surface area (Å²) in [6, 6.07) is 10.2. The Balaban J connectivity index is 2.15. The van der Waals surface area contributed by atoms with Gasteiger partial charge in [0.15, 0.2) is 0 Å². The van der Waals surface area contributed by atoms with E-state index in [4.69, 9.17) is 4.74 Å². The van der Waals surface area contributed by atoms with Crippen LogP contribution < -0.4 is 0 Å². The van der Waals surface area contributed by atoms with Crippen LogP contribution in [0.25, 0.3) is 0 Å². The van der Waals surface area contributed by atoms with E-state index in [1.54, 1.807) is 0 Å². The van der Waals surface area contributed by atoms with Crippen LogP contribution in [0.1, 0.15) is 32.3 Å². The maximum Gasteiger partial charge on any atom is 0.0717 e. The molecule has 0 aliphatic heterocycles. The Morgan fingerprint density at radius 1 is 1.28 bits per heavy atom. The van der Waals surface area contributed by atoms with Crippen molar-refractivity contribution in [3.8, 4) is 0 Å². The minimum Gasteiger partial charge on any atom is -0.393 e. The van der Waals surface area contributed by atoms with Crippen molar-refractivity contribution in [1.82, 2.24) is 0 Å². The number of aliphatic hydroxyl groups is 1. The Bertz CT molecular complexity index is 332. The lowest BCUT2D eigenvalue weighted by atomic mass is 10.0. The van der Waals surface area contributed by atoms with E-state index in [0.29, 0.717) is 19.1 Å². The zero-order chi connectivity index (χ0) is 13.2. The first-order valence-electron chi connectivity index (χ1n) is 6.63. The zero-order valence-electron chi connectivity index (χ0n) is 11.4. The second kappa shape index (κ2) is 8.90. The van der Waals surface area contributed by atoms with Gasteiger partial charge in [0.05, 0.1) is 12.7 Å². The molecule has 1 aromatic carbocycles. The minimum absolute atomic E-state index is 0.253. The molecule has 1 N–H and O–H groups in total. The molecule has 0 bridgehead atoms. The number of allylic oxidation sites excluding steroid dienone is 1. The molecule has 0 radical (unpaired) electrons. The third kappa shape index (κ3) is 6.58. The van der Waals surface area contributed by atoms with Gasteiger partial charge in [-0.05, 0) is 31.2 Å². The summed E-state index contributed by atoms with van der Waals surface area (Å²) >= 11 is 0. The van der Waals surface area contributed by atoms with Crippen LogP contribution in [-0.2, 0) is 11.3 Å². The molecule has 0 amide bonds. The summed E-state index contributed by atoms with van der Waals surface area (Å²) < 4.78 is 5.66. The van der Waals surface area contributed by atoms with Gasteiger partial charge in [-0.1, -0.05) is 49.4 Å². The summed E-state index contributed by atoms with van der Waals surface area (Å²) in [6.07, 6.45) is 5.25. The van der Waals surface area contributed by atoms with Crippen LogP contribution >= 0.6 is 0 Å². The van der Waals surface area contributed by atoms with Crippen LogP contribution in [0, 0.1) is 5.92 Å². The van der Waals surface area contributed by atoms with Gasteiger partial charge in [-0.15, -0.1) is 0 Å². The molecule has 2 atom stereocenters. The minimum atomic E-state index is -0.253. The highest BCUT2D eigenvalue weighted by Crippen LogP contribution is 2.11. The van der Waals surface area contributed by atoms with Gasteiger partial charge in [-0.3, -0.25) is 0 Å². The van der Waals surface area contributed by atoms with Gasteiger partial charge in [0.2, 0.25) is 0 Å². The Morgan fingerprint density at radius 2 is 2.00 bits per heavy atom. The summed E-state index contributed by atoms with van der Waals surface area (Å²) in [6.45, 7) is 5.43. The lowest BCUT2D eigenvalue weighted by Gasteiger charge is -2.15. The number of rotatable bonds is 8. The third-order valence-electron chi connectivity index (χ3n) is 2.83. The molecular formula is C16H24O2. The molecule has 100 valence electrons.